The van der Waals surface area contributed by atoms with E-state index in [1.807, 2.05) is 0 Å². The second-order valence-electron chi connectivity index (χ2n) is 5.23. The molecule has 1 fully saturated rings. The zero-order valence-corrected chi connectivity index (χ0v) is 12.9. The fraction of sp³-hybridized carbons (Fsp3) is 0.500. The lowest BCUT2D eigenvalue weighted by Gasteiger charge is -2.30. The molecule has 0 bridgehead atoms. The van der Waals surface area contributed by atoms with Gasteiger partial charge < -0.3 is 19.3 Å². The summed E-state index contributed by atoms with van der Waals surface area (Å²) in [5.41, 5.74) is -0.240. The fourth-order valence-corrected chi connectivity index (χ4v) is 2.45. The van der Waals surface area contributed by atoms with Gasteiger partial charge in [0.1, 0.15) is 5.56 Å². The first-order valence-corrected chi connectivity index (χ1v) is 6.99. The lowest BCUT2D eigenvalue weighted by Crippen LogP contribution is -3.12. The summed E-state index contributed by atoms with van der Waals surface area (Å²) in [4.78, 5) is 26.3. The third-order valence-electron chi connectivity index (χ3n) is 3.83. The number of rotatable bonds is 4. The number of benzene rings is 1. The van der Waals surface area contributed by atoms with E-state index in [1.165, 1.54) is 31.3 Å². The van der Waals surface area contributed by atoms with Crippen molar-refractivity contribution in [2.24, 2.45) is 0 Å². The van der Waals surface area contributed by atoms with Crippen molar-refractivity contribution in [2.45, 2.75) is 0 Å². The first-order valence-electron chi connectivity index (χ1n) is 6.99. The highest BCUT2D eigenvalue weighted by molar-refractivity contribution is 5.99. The largest absolute Gasteiger partial charge is 0.493 e. The van der Waals surface area contributed by atoms with Gasteiger partial charge in [0.2, 0.25) is 0 Å². The molecule has 1 aromatic carbocycles. The molecule has 1 aromatic rings. The first kappa shape index (κ1) is 16.0. The molecule has 1 aliphatic heterocycles. The van der Waals surface area contributed by atoms with Gasteiger partial charge in [-0.25, -0.2) is 0 Å². The van der Waals surface area contributed by atoms with E-state index >= 15 is 0 Å². The van der Waals surface area contributed by atoms with E-state index in [0.717, 1.165) is 13.1 Å². The SMILES string of the molecule is COc1cc(C(=O)N2CC[NH+](C)CC2)c([N+](=O)[O-])cc1OC. The summed E-state index contributed by atoms with van der Waals surface area (Å²) in [5.74, 6) is 0.185. The lowest BCUT2D eigenvalue weighted by molar-refractivity contribution is -0.883. The summed E-state index contributed by atoms with van der Waals surface area (Å²) in [5, 5.41) is 11.3. The van der Waals surface area contributed by atoms with Crippen molar-refractivity contribution in [2.75, 3.05) is 47.4 Å². The number of ether oxygens (including phenoxy) is 2. The normalized spacial score (nSPS) is 15.5. The summed E-state index contributed by atoms with van der Waals surface area (Å²) in [6, 6.07) is 2.61. The van der Waals surface area contributed by atoms with Crippen molar-refractivity contribution < 1.29 is 24.1 Å². The number of nitro benzene ring substituents is 1. The molecule has 1 saturated heterocycles. The van der Waals surface area contributed by atoms with Crippen LogP contribution >= 0.6 is 0 Å². The Balaban J connectivity index is 2.39. The molecule has 8 nitrogen and oxygen atoms in total. The minimum atomic E-state index is -0.573. The molecule has 2 rings (SSSR count). The molecular formula is C14H20N3O5+. The molecule has 120 valence electrons. The number of carbonyl (C=O) groups excluding carboxylic acids is 1. The molecule has 8 heteroatoms. The van der Waals surface area contributed by atoms with Gasteiger partial charge in [-0.15, -0.1) is 0 Å². The highest BCUT2D eigenvalue weighted by atomic mass is 16.6. The van der Waals surface area contributed by atoms with Gasteiger partial charge in [0.05, 0.1) is 58.4 Å². The van der Waals surface area contributed by atoms with Crippen LogP contribution in [0.1, 0.15) is 10.4 Å². The molecule has 1 aliphatic rings. The van der Waals surface area contributed by atoms with Gasteiger partial charge in [-0.3, -0.25) is 14.9 Å². The van der Waals surface area contributed by atoms with E-state index < -0.39 is 4.92 Å². The average molecular weight is 310 g/mol. The fourth-order valence-electron chi connectivity index (χ4n) is 2.45. The minimum absolute atomic E-state index is 0.0298. The van der Waals surface area contributed by atoms with E-state index in [9.17, 15) is 14.9 Å². The van der Waals surface area contributed by atoms with Crippen LogP contribution in [0.15, 0.2) is 12.1 Å². The van der Waals surface area contributed by atoms with E-state index in [-0.39, 0.29) is 22.9 Å². The molecule has 22 heavy (non-hydrogen) atoms. The molecule has 1 N–H and O–H groups in total. The van der Waals surface area contributed by atoms with Crippen molar-refractivity contribution in [3.8, 4) is 11.5 Å². The topological polar surface area (TPSA) is 86.3 Å². The predicted octanol–water partition coefficient (Wildman–Crippen LogP) is -0.417. The number of methoxy groups -OCH3 is 2. The maximum absolute atomic E-state index is 12.6. The molecular weight excluding hydrogens is 290 g/mol. The number of hydrogen-bond donors (Lipinski definition) is 1. The van der Waals surface area contributed by atoms with Gasteiger partial charge in [0.15, 0.2) is 11.5 Å². The third-order valence-corrected chi connectivity index (χ3v) is 3.83. The second kappa shape index (κ2) is 6.61. The predicted molar refractivity (Wildman–Crippen MR) is 78.7 cm³/mol. The van der Waals surface area contributed by atoms with Crippen molar-refractivity contribution >= 4 is 11.6 Å². The molecule has 0 atom stereocenters. The van der Waals surface area contributed by atoms with Gasteiger partial charge in [0.25, 0.3) is 11.6 Å². The van der Waals surface area contributed by atoms with Crippen LogP contribution in [0.4, 0.5) is 5.69 Å². The molecule has 0 aromatic heterocycles. The maximum atomic E-state index is 12.6. The van der Waals surface area contributed by atoms with E-state index in [0.29, 0.717) is 18.8 Å². The number of quaternary nitrogens is 1. The van der Waals surface area contributed by atoms with Crippen LogP contribution in [-0.2, 0) is 0 Å². The van der Waals surface area contributed by atoms with Gasteiger partial charge in [-0.1, -0.05) is 0 Å². The zero-order valence-electron chi connectivity index (χ0n) is 12.9. The van der Waals surface area contributed by atoms with Gasteiger partial charge in [-0.05, 0) is 0 Å². The average Bonchev–Trinajstić information content (AvgIpc) is 2.53. The van der Waals surface area contributed by atoms with Gasteiger partial charge in [0, 0.05) is 6.07 Å². The number of carbonyl (C=O) groups is 1. The molecule has 0 spiro atoms. The van der Waals surface area contributed by atoms with Crippen LogP contribution in [0.25, 0.3) is 0 Å². The van der Waals surface area contributed by atoms with Crippen molar-refractivity contribution in [1.82, 2.24) is 4.90 Å². The lowest BCUT2D eigenvalue weighted by atomic mass is 10.1. The number of nitro groups is 1. The Labute approximate surface area is 128 Å². The highest BCUT2D eigenvalue weighted by Crippen LogP contribution is 2.35. The van der Waals surface area contributed by atoms with Crippen LogP contribution in [0.3, 0.4) is 0 Å². The molecule has 0 saturated carbocycles. The first-order chi connectivity index (χ1) is 10.5. The molecule has 1 amide bonds. The highest BCUT2D eigenvalue weighted by Gasteiger charge is 2.30. The Morgan fingerprint density at radius 3 is 2.27 bits per heavy atom. The van der Waals surface area contributed by atoms with E-state index in [1.54, 1.807) is 4.90 Å². The van der Waals surface area contributed by atoms with Crippen LogP contribution in [0, 0.1) is 10.1 Å². The Morgan fingerprint density at radius 1 is 1.23 bits per heavy atom. The monoisotopic (exact) mass is 310 g/mol. The smallest absolute Gasteiger partial charge is 0.286 e. The minimum Gasteiger partial charge on any atom is -0.493 e. The molecule has 0 radical (unpaired) electrons. The van der Waals surface area contributed by atoms with Crippen LogP contribution in [0.2, 0.25) is 0 Å². The number of nitrogens with zero attached hydrogens (tertiary/aromatic N) is 2. The number of amides is 1. The van der Waals surface area contributed by atoms with Crippen molar-refractivity contribution in [3.05, 3.63) is 27.8 Å². The summed E-state index contributed by atoms with van der Waals surface area (Å²) in [6.45, 7) is 2.81. The number of piperazine rings is 1. The number of nitrogens with one attached hydrogen (secondary N) is 1. The Morgan fingerprint density at radius 2 is 1.77 bits per heavy atom. The summed E-state index contributed by atoms with van der Waals surface area (Å²) < 4.78 is 10.2. The Hall–Kier alpha value is -2.35. The molecule has 0 unspecified atom stereocenters. The van der Waals surface area contributed by atoms with E-state index in [2.05, 4.69) is 7.05 Å². The van der Waals surface area contributed by atoms with Crippen LogP contribution < -0.4 is 14.4 Å². The van der Waals surface area contributed by atoms with Crippen molar-refractivity contribution in [1.29, 1.82) is 0 Å². The second-order valence-corrected chi connectivity index (χ2v) is 5.23. The molecule has 1 heterocycles. The zero-order chi connectivity index (χ0) is 16.3. The third kappa shape index (κ3) is 3.11. The standard InChI is InChI=1S/C14H19N3O5/c1-15-4-6-16(7-5-15)14(18)10-8-12(21-2)13(22-3)9-11(10)17(19)20/h8-9H,4-7H2,1-3H3/p+1. The van der Waals surface area contributed by atoms with Crippen molar-refractivity contribution in [3.63, 3.8) is 0 Å². The summed E-state index contributed by atoms with van der Waals surface area (Å²) >= 11 is 0. The number of hydrogen-bond acceptors (Lipinski definition) is 5. The van der Waals surface area contributed by atoms with Crippen LogP contribution in [-0.4, -0.2) is 63.2 Å². The van der Waals surface area contributed by atoms with E-state index in [4.69, 9.17) is 9.47 Å². The number of likely N-dealkylation sites (N-methyl/N-ethyl adjacent to an activating group) is 1. The summed E-state index contributed by atoms with van der Waals surface area (Å²) in [7, 11) is 4.88. The Kier molecular flexibility index (Phi) is 4.81. The molecule has 0 aliphatic carbocycles. The maximum Gasteiger partial charge on any atom is 0.286 e. The Bertz CT molecular complexity index is 582. The quantitative estimate of drug-likeness (QED) is 0.603. The van der Waals surface area contributed by atoms with Gasteiger partial charge >= 0.3 is 0 Å². The van der Waals surface area contributed by atoms with Gasteiger partial charge in [-0.2, -0.15) is 0 Å². The van der Waals surface area contributed by atoms with Crippen LogP contribution in [0.5, 0.6) is 11.5 Å². The summed E-state index contributed by atoms with van der Waals surface area (Å²) in [6.07, 6.45) is 0.